The Hall–Kier alpha value is -3.01. The number of anilines is 2. The summed E-state index contributed by atoms with van der Waals surface area (Å²) in [7, 11) is 0. The second-order valence-electron chi connectivity index (χ2n) is 5.80. The Balaban J connectivity index is 1.61. The van der Waals surface area contributed by atoms with Gasteiger partial charge in [-0.1, -0.05) is 49.4 Å². The molecule has 4 nitrogen and oxygen atoms in total. The van der Waals surface area contributed by atoms with Gasteiger partial charge in [0.05, 0.1) is 13.2 Å². The first-order valence-electron chi connectivity index (χ1n) is 8.50. The monoisotopic (exact) mass is 334 g/mol. The molecule has 0 aliphatic rings. The fraction of sp³-hybridized carbons (Fsp3) is 0.190. The van der Waals surface area contributed by atoms with Crippen molar-refractivity contribution < 1.29 is 9.53 Å². The van der Waals surface area contributed by atoms with E-state index in [1.54, 1.807) is 0 Å². The number of nitrogens with one attached hydrogen (secondary N) is 2. The van der Waals surface area contributed by atoms with Gasteiger partial charge in [0, 0.05) is 22.8 Å². The van der Waals surface area contributed by atoms with E-state index in [0.717, 1.165) is 34.3 Å². The topological polar surface area (TPSA) is 50.4 Å². The molecule has 3 rings (SSSR count). The van der Waals surface area contributed by atoms with Crippen LogP contribution in [0.4, 0.5) is 11.4 Å². The van der Waals surface area contributed by atoms with Crippen molar-refractivity contribution in [2.75, 3.05) is 23.8 Å². The zero-order valence-electron chi connectivity index (χ0n) is 14.3. The number of ether oxygens (including phenoxy) is 1. The molecular weight excluding hydrogens is 312 g/mol. The van der Waals surface area contributed by atoms with Crippen LogP contribution in [0.5, 0.6) is 5.75 Å². The van der Waals surface area contributed by atoms with E-state index in [2.05, 4.69) is 17.6 Å². The van der Waals surface area contributed by atoms with Crippen LogP contribution in [0.15, 0.2) is 66.7 Å². The van der Waals surface area contributed by atoms with Gasteiger partial charge in [-0.2, -0.15) is 0 Å². The molecule has 128 valence electrons. The number of fused-ring (bicyclic) bond motifs is 1. The molecule has 0 saturated heterocycles. The predicted molar refractivity (Wildman–Crippen MR) is 103 cm³/mol. The normalized spacial score (nSPS) is 10.4. The van der Waals surface area contributed by atoms with Gasteiger partial charge in [0.1, 0.15) is 5.75 Å². The summed E-state index contributed by atoms with van der Waals surface area (Å²) in [5.41, 5.74) is 1.69. The van der Waals surface area contributed by atoms with Gasteiger partial charge in [0.25, 0.3) is 0 Å². The summed E-state index contributed by atoms with van der Waals surface area (Å²) in [5, 5.41) is 8.25. The van der Waals surface area contributed by atoms with Crippen molar-refractivity contribution in [3.8, 4) is 5.75 Å². The summed E-state index contributed by atoms with van der Waals surface area (Å²) in [6, 6.07) is 21.5. The van der Waals surface area contributed by atoms with Crippen LogP contribution in [0.2, 0.25) is 0 Å². The Morgan fingerprint density at radius 1 is 1.00 bits per heavy atom. The average Bonchev–Trinajstić information content (AvgIpc) is 2.65. The maximum atomic E-state index is 12.3. The van der Waals surface area contributed by atoms with Gasteiger partial charge in [0.15, 0.2) is 0 Å². The summed E-state index contributed by atoms with van der Waals surface area (Å²) >= 11 is 0. The first kappa shape index (κ1) is 16.8. The molecule has 0 aliphatic heterocycles. The highest BCUT2D eigenvalue weighted by atomic mass is 16.5. The van der Waals surface area contributed by atoms with Crippen LogP contribution in [0, 0.1) is 0 Å². The number of carbonyl (C=O) groups excluding carboxylic acids is 1. The van der Waals surface area contributed by atoms with Gasteiger partial charge in [-0.15, -0.1) is 0 Å². The van der Waals surface area contributed by atoms with E-state index < -0.39 is 0 Å². The number of hydrogen-bond acceptors (Lipinski definition) is 3. The van der Waals surface area contributed by atoms with Crippen LogP contribution in [0.1, 0.15) is 13.3 Å². The molecule has 0 bridgehead atoms. The average molecular weight is 334 g/mol. The van der Waals surface area contributed by atoms with Crippen molar-refractivity contribution in [1.29, 1.82) is 0 Å². The number of carbonyl (C=O) groups is 1. The Morgan fingerprint density at radius 3 is 2.68 bits per heavy atom. The molecule has 0 atom stereocenters. The SMILES string of the molecule is CCCOc1cccc(NCC(=O)Nc2cccc3ccccc23)c1. The van der Waals surface area contributed by atoms with Crippen LogP contribution < -0.4 is 15.4 Å². The van der Waals surface area contributed by atoms with Crippen LogP contribution in [0.3, 0.4) is 0 Å². The standard InChI is InChI=1S/C21H22N2O2/c1-2-13-25-18-10-6-9-17(14-18)22-15-21(24)23-20-12-5-8-16-7-3-4-11-19(16)20/h3-12,14,22H,2,13,15H2,1H3,(H,23,24). The fourth-order valence-electron chi connectivity index (χ4n) is 2.63. The maximum Gasteiger partial charge on any atom is 0.243 e. The smallest absolute Gasteiger partial charge is 0.243 e. The largest absolute Gasteiger partial charge is 0.494 e. The molecule has 0 heterocycles. The highest BCUT2D eigenvalue weighted by molar-refractivity contribution is 6.03. The van der Waals surface area contributed by atoms with Crippen molar-refractivity contribution in [2.45, 2.75) is 13.3 Å². The van der Waals surface area contributed by atoms with Gasteiger partial charge in [0.2, 0.25) is 5.91 Å². The summed E-state index contributed by atoms with van der Waals surface area (Å²) < 4.78 is 5.61. The molecule has 2 N–H and O–H groups in total. The second-order valence-corrected chi connectivity index (χ2v) is 5.80. The highest BCUT2D eigenvalue weighted by Gasteiger charge is 2.06. The number of rotatable bonds is 7. The third kappa shape index (κ3) is 4.51. The summed E-state index contributed by atoms with van der Waals surface area (Å²) in [4.78, 5) is 12.3. The van der Waals surface area contributed by atoms with Crippen LogP contribution in [0.25, 0.3) is 10.8 Å². The summed E-state index contributed by atoms with van der Waals surface area (Å²) in [6.07, 6.45) is 0.963. The lowest BCUT2D eigenvalue weighted by molar-refractivity contribution is -0.114. The summed E-state index contributed by atoms with van der Waals surface area (Å²) in [6.45, 7) is 2.95. The lowest BCUT2D eigenvalue weighted by Crippen LogP contribution is -2.21. The van der Waals surface area contributed by atoms with E-state index in [1.807, 2.05) is 66.7 Å². The third-order valence-corrected chi connectivity index (χ3v) is 3.82. The van der Waals surface area contributed by atoms with Gasteiger partial charge in [-0.25, -0.2) is 0 Å². The lowest BCUT2D eigenvalue weighted by atomic mass is 10.1. The minimum atomic E-state index is -0.0868. The van der Waals surface area contributed by atoms with E-state index in [-0.39, 0.29) is 12.5 Å². The first-order chi connectivity index (χ1) is 12.3. The Kier molecular flexibility index (Phi) is 5.52. The van der Waals surface area contributed by atoms with Crippen molar-refractivity contribution in [1.82, 2.24) is 0 Å². The van der Waals surface area contributed by atoms with E-state index in [9.17, 15) is 4.79 Å². The van der Waals surface area contributed by atoms with E-state index in [0.29, 0.717) is 6.61 Å². The third-order valence-electron chi connectivity index (χ3n) is 3.82. The summed E-state index contributed by atoms with van der Waals surface area (Å²) in [5.74, 6) is 0.720. The number of benzene rings is 3. The molecule has 0 unspecified atom stereocenters. The Morgan fingerprint density at radius 2 is 1.80 bits per heavy atom. The number of hydrogen-bond donors (Lipinski definition) is 2. The highest BCUT2D eigenvalue weighted by Crippen LogP contribution is 2.23. The molecule has 0 fully saturated rings. The minimum absolute atomic E-state index is 0.0868. The van der Waals surface area contributed by atoms with Gasteiger partial charge < -0.3 is 15.4 Å². The molecule has 25 heavy (non-hydrogen) atoms. The quantitative estimate of drug-likeness (QED) is 0.659. The van der Waals surface area contributed by atoms with Gasteiger partial charge in [-0.3, -0.25) is 4.79 Å². The zero-order valence-corrected chi connectivity index (χ0v) is 14.3. The van der Waals surface area contributed by atoms with Gasteiger partial charge in [-0.05, 0) is 30.0 Å². The molecule has 0 radical (unpaired) electrons. The number of amides is 1. The molecule has 0 spiro atoms. The Bertz CT molecular complexity index is 856. The van der Waals surface area contributed by atoms with E-state index in [1.165, 1.54) is 0 Å². The lowest BCUT2D eigenvalue weighted by Gasteiger charge is -2.11. The molecule has 3 aromatic carbocycles. The van der Waals surface area contributed by atoms with Crippen LogP contribution in [-0.4, -0.2) is 19.1 Å². The predicted octanol–water partition coefficient (Wildman–Crippen LogP) is 4.68. The van der Waals surface area contributed by atoms with Crippen molar-refractivity contribution >= 4 is 28.1 Å². The first-order valence-corrected chi connectivity index (χ1v) is 8.50. The molecule has 0 saturated carbocycles. The maximum absolute atomic E-state index is 12.3. The van der Waals surface area contributed by atoms with E-state index >= 15 is 0 Å². The molecule has 3 aromatic rings. The van der Waals surface area contributed by atoms with Crippen molar-refractivity contribution in [2.24, 2.45) is 0 Å². The Labute approximate surface area is 147 Å². The fourth-order valence-corrected chi connectivity index (χ4v) is 2.63. The molecule has 0 aromatic heterocycles. The molecule has 0 aliphatic carbocycles. The molecule has 1 amide bonds. The minimum Gasteiger partial charge on any atom is -0.494 e. The van der Waals surface area contributed by atoms with Gasteiger partial charge >= 0.3 is 0 Å². The second kappa shape index (κ2) is 8.20. The van der Waals surface area contributed by atoms with Crippen molar-refractivity contribution in [3.63, 3.8) is 0 Å². The van der Waals surface area contributed by atoms with E-state index in [4.69, 9.17) is 4.74 Å². The molecular formula is C21H22N2O2. The van der Waals surface area contributed by atoms with Crippen LogP contribution in [-0.2, 0) is 4.79 Å². The van der Waals surface area contributed by atoms with Crippen LogP contribution >= 0.6 is 0 Å². The van der Waals surface area contributed by atoms with Crippen molar-refractivity contribution in [3.05, 3.63) is 66.7 Å². The zero-order chi connectivity index (χ0) is 17.5. The molecule has 4 heteroatoms.